The number of halogens is 3. The SMILES string of the molecule is O=C(COC(=O)C1CCN(c2ccccc2[N+](=O)[O-])CC1)Nc1ccc(C(F)(F)F)cc1. The molecule has 0 aromatic heterocycles. The Morgan fingerprint density at radius 1 is 1.09 bits per heavy atom. The molecule has 0 saturated carbocycles. The van der Waals surface area contributed by atoms with E-state index in [1.54, 1.807) is 18.2 Å². The highest BCUT2D eigenvalue weighted by atomic mass is 19.4. The number of hydrogen-bond acceptors (Lipinski definition) is 6. The molecule has 1 heterocycles. The van der Waals surface area contributed by atoms with E-state index in [2.05, 4.69) is 5.32 Å². The number of nitrogens with one attached hydrogen (secondary N) is 1. The van der Waals surface area contributed by atoms with Gasteiger partial charge in [-0.3, -0.25) is 19.7 Å². The lowest BCUT2D eigenvalue weighted by atomic mass is 9.96. The average Bonchev–Trinajstić information content (AvgIpc) is 2.77. The van der Waals surface area contributed by atoms with E-state index >= 15 is 0 Å². The third-order valence-corrected chi connectivity index (χ3v) is 5.09. The van der Waals surface area contributed by atoms with Crippen molar-refractivity contribution in [2.24, 2.45) is 5.92 Å². The molecule has 8 nitrogen and oxygen atoms in total. The van der Waals surface area contributed by atoms with E-state index < -0.39 is 41.1 Å². The van der Waals surface area contributed by atoms with Crippen molar-refractivity contribution in [3.63, 3.8) is 0 Å². The number of rotatable bonds is 6. The minimum atomic E-state index is -4.47. The summed E-state index contributed by atoms with van der Waals surface area (Å²) < 4.78 is 42.7. The number of esters is 1. The summed E-state index contributed by atoms with van der Waals surface area (Å²) in [6, 6.07) is 10.3. The fourth-order valence-corrected chi connectivity index (χ4v) is 3.44. The lowest BCUT2D eigenvalue weighted by Crippen LogP contribution is -2.37. The Morgan fingerprint density at radius 3 is 2.31 bits per heavy atom. The van der Waals surface area contributed by atoms with Gasteiger partial charge in [0.15, 0.2) is 6.61 Å². The molecule has 2 aromatic rings. The van der Waals surface area contributed by atoms with E-state index in [4.69, 9.17) is 4.74 Å². The summed E-state index contributed by atoms with van der Waals surface area (Å²) in [4.78, 5) is 36.8. The quantitative estimate of drug-likeness (QED) is 0.405. The van der Waals surface area contributed by atoms with Crippen LogP contribution in [0.25, 0.3) is 0 Å². The molecule has 1 aliphatic rings. The highest BCUT2D eigenvalue weighted by Gasteiger charge is 2.31. The van der Waals surface area contributed by atoms with Crippen molar-refractivity contribution in [1.29, 1.82) is 0 Å². The molecule has 1 saturated heterocycles. The van der Waals surface area contributed by atoms with E-state index in [-0.39, 0.29) is 11.4 Å². The number of alkyl halides is 3. The fourth-order valence-electron chi connectivity index (χ4n) is 3.44. The summed E-state index contributed by atoms with van der Waals surface area (Å²) in [6.45, 7) is 0.273. The van der Waals surface area contributed by atoms with Crippen LogP contribution in [0.4, 0.5) is 30.2 Å². The first-order valence-electron chi connectivity index (χ1n) is 9.77. The van der Waals surface area contributed by atoms with Crippen LogP contribution in [0.5, 0.6) is 0 Å². The number of nitro benzene ring substituents is 1. The van der Waals surface area contributed by atoms with Gasteiger partial charge in [-0.15, -0.1) is 0 Å². The maximum Gasteiger partial charge on any atom is 0.416 e. The highest BCUT2D eigenvalue weighted by molar-refractivity contribution is 5.92. The van der Waals surface area contributed by atoms with Crippen molar-refractivity contribution in [2.45, 2.75) is 19.0 Å². The fraction of sp³-hybridized carbons (Fsp3) is 0.333. The highest BCUT2D eigenvalue weighted by Crippen LogP contribution is 2.32. The summed E-state index contributed by atoms with van der Waals surface area (Å²) in [5.74, 6) is -1.68. The molecule has 0 spiro atoms. The van der Waals surface area contributed by atoms with Gasteiger partial charge in [0.1, 0.15) is 5.69 Å². The predicted octanol–water partition coefficient (Wildman–Crippen LogP) is 4.01. The number of nitrogens with zero attached hydrogens (tertiary/aromatic N) is 2. The number of hydrogen-bond donors (Lipinski definition) is 1. The number of carbonyl (C=O) groups excluding carboxylic acids is 2. The minimum Gasteiger partial charge on any atom is -0.455 e. The van der Waals surface area contributed by atoms with Gasteiger partial charge in [0.05, 0.1) is 16.4 Å². The lowest BCUT2D eigenvalue weighted by molar-refractivity contribution is -0.384. The van der Waals surface area contributed by atoms with Crippen LogP contribution in [0.1, 0.15) is 18.4 Å². The van der Waals surface area contributed by atoms with E-state index in [0.29, 0.717) is 31.6 Å². The second-order valence-electron chi connectivity index (χ2n) is 7.24. The molecule has 32 heavy (non-hydrogen) atoms. The summed E-state index contributed by atoms with van der Waals surface area (Å²) >= 11 is 0. The smallest absolute Gasteiger partial charge is 0.416 e. The van der Waals surface area contributed by atoms with Crippen molar-refractivity contribution in [3.8, 4) is 0 Å². The van der Waals surface area contributed by atoms with Gasteiger partial charge in [0, 0.05) is 24.8 Å². The van der Waals surface area contributed by atoms with Crippen LogP contribution in [-0.4, -0.2) is 36.5 Å². The van der Waals surface area contributed by atoms with E-state index in [0.717, 1.165) is 24.3 Å². The second-order valence-corrected chi connectivity index (χ2v) is 7.24. The Hall–Kier alpha value is -3.63. The molecule has 170 valence electrons. The Bertz CT molecular complexity index is 987. The normalized spacial score (nSPS) is 14.7. The minimum absolute atomic E-state index is 0.00605. The van der Waals surface area contributed by atoms with E-state index in [9.17, 15) is 32.9 Å². The van der Waals surface area contributed by atoms with Gasteiger partial charge in [-0.2, -0.15) is 13.2 Å². The third kappa shape index (κ3) is 5.74. The standard InChI is InChI=1S/C21H20F3N3O5/c22-21(23,24)15-5-7-16(8-6-15)25-19(28)13-32-20(29)14-9-11-26(12-10-14)17-3-1-2-4-18(17)27(30)31/h1-8,14H,9-13H2,(H,25,28). The molecule has 0 unspecified atom stereocenters. The van der Waals surface area contributed by atoms with Crippen LogP contribution < -0.4 is 10.2 Å². The zero-order valence-electron chi connectivity index (χ0n) is 16.8. The molecular weight excluding hydrogens is 431 g/mol. The number of amides is 1. The van der Waals surface area contributed by atoms with Crippen LogP contribution in [0.15, 0.2) is 48.5 Å². The molecule has 0 atom stereocenters. The Kier molecular flexibility index (Phi) is 6.96. The summed E-state index contributed by atoms with van der Waals surface area (Å²) in [6.07, 6.45) is -3.66. The maximum absolute atomic E-state index is 12.6. The molecule has 1 N–H and O–H groups in total. The average molecular weight is 451 g/mol. The first kappa shape index (κ1) is 23.0. The van der Waals surface area contributed by atoms with Gasteiger partial charge in [0.25, 0.3) is 11.6 Å². The maximum atomic E-state index is 12.6. The number of para-hydroxylation sites is 2. The van der Waals surface area contributed by atoms with Gasteiger partial charge >= 0.3 is 12.1 Å². The molecule has 1 aliphatic heterocycles. The van der Waals surface area contributed by atoms with Gasteiger partial charge in [-0.25, -0.2) is 0 Å². The molecule has 3 rings (SSSR count). The molecule has 0 aliphatic carbocycles. The zero-order valence-corrected chi connectivity index (χ0v) is 16.8. The lowest BCUT2D eigenvalue weighted by Gasteiger charge is -2.32. The number of ether oxygens (including phenoxy) is 1. The van der Waals surface area contributed by atoms with Crippen LogP contribution in [0, 0.1) is 16.0 Å². The van der Waals surface area contributed by atoms with Gasteiger partial charge in [-0.05, 0) is 43.2 Å². The Morgan fingerprint density at radius 2 is 1.72 bits per heavy atom. The number of anilines is 2. The van der Waals surface area contributed by atoms with Crippen molar-refractivity contribution in [1.82, 2.24) is 0 Å². The predicted molar refractivity (Wildman–Crippen MR) is 109 cm³/mol. The summed E-state index contributed by atoms with van der Waals surface area (Å²) in [5, 5.41) is 13.6. The van der Waals surface area contributed by atoms with Crippen molar-refractivity contribution in [2.75, 3.05) is 29.9 Å². The molecule has 2 aromatic carbocycles. The molecule has 1 amide bonds. The molecule has 0 radical (unpaired) electrons. The third-order valence-electron chi connectivity index (χ3n) is 5.09. The van der Waals surface area contributed by atoms with Gasteiger partial charge < -0.3 is 15.0 Å². The van der Waals surface area contributed by atoms with Crippen LogP contribution in [-0.2, 0) is 20.5 Å². The van der Waals surface area contributed by atoms with Crippen LogP contribution in [0.2, 0.25) is 0 Å². The summed E-state index contributed by atoms with van der Waals surface area (Å²) in [7, 11) is 0. The van der Waals surface area contributed by atoms with Crippen LogP contribution >= 0.6 is 0 Å². The number of piperidine rings is 1. The molecule has 11 heteroatoms. The Labute approximate surface area is 181 Å². The number of benzene rings is 2. The second kappa shape index (κ2) is 9.67. The number of nitro groups is 1. The summed E-state index contributed by atoms with van der Waals surface area (Å²) in [5.41, 5.74) is -0.209. The van der Waals surface area contributed by atoms with Gasteiger partial charge in [-0.1, -0.05) is 12.1 Å². The van der Waals surface area contributed by atoms with Crippen molar-refractivity contribution >= 4 is 28.9 Å². The Balaban J connectivity index is 1.46. The monoisotopic (exact) mass is 451 g/mol. The topological polar surface area (TPSA) is 102 Å². The number of carbonyl (C=O) groups is 2. The van der Waals surface area contributed by atoms with Crippen molar-refractivity contribution in [3.05, 3.63) is 64.2 Å². The van der Waals surface area contributed by atoms with E-state index in [1.165, 1.54) is 6.07 Å². The largest absolute Gasteiger partial charge is 0.455 e. The molecule has 1 fully saturated rings. The molecule has 0 bridgehead atoms. The van der Waals surface area contributed by atoms with Gasteiger partial charge in [0.2, 0.25) is 0 Å². The van der Waals surface area contributed by atoms with Crippen molar-refractivity contribution < 1.29 is 32.4 Å². The first-order valence-corrected chi connectivity index (χ1v) is 9.77. The van der Waals surface area contributed by atoms with E-state index in [1.807, 2.05) is 4.90 Å². The first-order chi connectivity index (χ1) is 15.1. The zero-order chi connectivity index (χ0) is 23.3. The molecular formula is C21H20F3N3O5. The van der Waals surface area contributed by atoms with Crippen LogP contribution in [0.3, 0.4) is 0 Å².